The molecule has 0 heterocycles. The maximum Gasteiger partial charge on any atom is 0.161 e. The average Bonchev–Trinajstić information content (AvgIpc) is 2.40. The van der Waals surface area contributed by atoms with E-state index >= 15 is 0 Å². The maximum atomic E-state index is 10.1. The lowest BCUT2D eigenvalue weighted by Crippen LogP contribution is -2.18. The van der Waals surface area contributed by atoms with Crippen molar-refractivity contribution in [3.63, 3.8) is 0 Å². The zero-order valence-electron chi connectivity index (χ0n) is 11.8. The fourth-order valence-electron chi connectivity index (χ4n) is 1.92. The molecule has 19 heavy (non-hydrogen) atoms. The van der Waals surface area contributed by atoms with Gasteiger partial charge in [-0.15, -0.1) is 0 Å². The smallest absolute Gasteiger partial charge is 0.161 e. The summed E-state index contributed by atoms with van der Waals surface area (Å²) in [6, 6.07) is 9.61. The summed E-state index contributed by atoms with van der Waals surface area (Å²) in [5.74, 6) is 0. The first-order valence-electron chi connectivity index (χ1n) is 6.80. The predicted octanol–water partition coefficient (Wildman–Crippen LogP) is 3.46. The lowest BCUT2D eigenvalue weighted by atomic mass is 10.0. The number of hydrogen-bond donors (Lipinski definition) is 1. The van der Waals surface area contributed by atoms with Gasteiger partial charge in [-0.05, 0) is 25.8 Å². The summed E-state index contributed by atoms with van der Waals surface area (Å²) in [5, 5.41) is 10.1. The van der Waals surface area contributed by atoms with Crippen molar-refractivity contribution in [1.82, 2.24) is 0 Å². The van der Waals surface area contributed by atoms with Crippen LogP contribution < -0.4 is 0 Å². The van der Waals surface area contributed by atoms with Crippen molar-refractivity contribution in [3.8, 4) is 0 Å². The summed E-state index contributed by atoms with van der Waals surface area (Å²) in [6.07, 6.45) is 0.370. The van der Waals surface area contributed by atoms with E-state index in [4.69, 9.17) is 9.47 Å². The molecule has 106 valence electrons. The maximum absolute atomic E-state index is 10.1. The second-order valence-corrected chi connectivity index (χ2v) is 4.42. The molecule has 3 nitrogen and oxygen atoms in total. The van der Waals surface area contributed by atoms with Crippen molar-refractivity contribution in [1.29, 1.82) is 0 Å². The highest BCUT2D eigenvalue weighted by Gasteiger charge is 2.14. The molecule has 1 unspecified atom stereocenters. The van der Waals surface area contributed by atoms with Gasteiger partial charge in [-0.25, -0.2) is 0 Å². The molecule has 0 radical (unpaired) electrons. The molecule has 1 aromatic carbocycles. The molecule has 0 saturated carbocycles. The van der Waals surface area contributed by atoms with Gasteiger partial charge < -0.3 is 14.6 Å². The molecule has 1 aromatic rings. The van der Waals surface area contributed by atoms with Crippen molar-refractivity contribution < 1.29 is 14.6 Å². The quantitative estimate of drug-likeness (QED) is 0.548. The monoisotopic (exact) mass is 264 g/mol. The minimum atomic E-state index is -0.516. The summed E-state index contributed by atoms with van der Waals surface area (Å²) in [6.45, 7) is 9.10. The van der Waals surface area contributed by atoms with Gasteiger partial charge >= 0.3 is 0 Å². The van der Waals surface area contributed by atoms with Crippen molar-refractivity contribution in [2.75, 3.05) is 13.2 Å². The highest BCUT2D eigenvalue weighted by molar-refractivity contribution is 5.19. The van der Waals surface area contributed by atoms with Gasteiger partial charge in [0.05, 0.1) is 6.10 Å². The molecule has 0 fully saturated rings. The first-order valence-corrected chi connectivity index (χ1v) is 6.80. The molecule has 0 aromatic heterocycles. The Morgan fingerprint density at radius 2 is 1.68 bits per heavy atom. The topological polar surface area (TPSA) is 38.7 Å². The van der Waals surface area contributed by atoms with Gasteiger partial charge in [-0.2, -0.15) is 0 Å². The van der Waals surface area contributed by atoms with E-state index in [9.17, 15) is 5.11 Å². The Morgan fingerprint density at radius 3 is 2.21 bits per heavy atom. The van der Waals surface area contributed by atoms with Crippen molar-refractivity contribution in [2.24, 2.45) is 0 Å². The van der Waals surface area contributed by atoms with Gasteiger partial charge in [0.2, 0.25) is 0 Å². The highest BCUT2D eigenvalue weighted by atomic mass is 16.7. The Kier molecular flexibility index (Phi) is 7.41. The van der Waals surface area contributed by atoms with Crippen LogP contribution in [0.4, 0.5) is 0 Å². The van der Waals surface area contributed by atoms with E-state index in [1.807, 2.05) is 44.2 Å². The Morgan fingerprint density at radius 1 is 1.11 bits per heavy atom. The Bertz CT molecular complexity index is 356. The van der Waals surface area contributed by atoms with Gasteiger partial charge in [-0.3, -0.25) is 0 Å². The molecule has 1 atom stereocenters. The number of benzene rings is 1. The standard InChI is InChI=1S/C16H24O3/c1-4-18-16(19-5-2)12-13(3)11-15(17)14-9-7-6-8-10-14/h6-10,15-17H,3-5,11-12H2,1-2H3. The number of rotatable bonds is 9. The van der Waals surface area contributed by atoms with Crippen LogP contribution in [-0.2, 0) is 9.47 Å². The average molecular weight is 264 g/mol. The molecule has 0 bridgehead atoms. The van der Waals surface area contributed by atoms with E-state index in [-0.39, 0.29) is 6.29 Å². The number of hydrogen-bond acceptors (Lipinski definition) is 3. The fourth-order valence-corrected chi connectivity index (χ4v) is 1.92. The molecular weight excluding hydrogens is 240 g/mol. The minimum absolute atomic E-state index is 0.259. The third kappa shape index (κ3) is 6.01. The van der Waals surface area contributed by atoms with Gasteiger partial charge in [0.25, 0.3) is 0 Å². The van der Waals surface area contributed by atoms with Crippen LogP contribution in [0.25, 0.3) is 0 Å². The van der Waals surface area contributed by atoms with Crippen LogP contribution in [-0.4, -0.2) is 24.6 Å². The summed E-state index contributed by atoms with van der Waals surface area (Å²) >= 11 is 0. The third-order valence-corrected chi connectivity index (χ3v) is 2.83. The Hall–Kier alpha value is -1.16. The molecule has 1 N–H and O–H groups in total. The van der Waals surface area contributed by atoms with Crippen molar-refractivity contribution >= 4 is 0 Å². The Labute approximate surface area is 115 Å². The molecule has 0 spiro atoms. The molecule has 3 heteroatoms. The van der Waals surface area contributed by atoms with Crippen molar-refractivity contribution in [2.45, 2.75) is 39.1 Å². The van der Waals surface area contributed by atoms with E-state index in [1.54, 1.807) is 0 Å². The Balaban J connectivity index is 2.45. The van der Waals surface area contributed by atoms with Crippen LogP contribution in [0.1, 0.15) is 38.4 Å². The van der Waals surface area contributed by atoms with Crippen molar-refractivity contribution in [3.05, 3.63) is 48.0 Å². The second kappa shape index (κ2) is 8.86. The van der Waals surface area contributed by atoms with Crippen LogP contribution >= 0.6 is 0 Å². The summed E-state index contributed by atoms with van der Waals surface area (Å²) in [4.78, 5) is 0. The largest absolute Gasteiger partial charge is 0.388 e. The lowest BCUT2D eigenvalue weighted by Gasteiger charge is -2.19. The van der Waals surface area contributed by atoms with Gasteiger partial charge in [0.15, 0.2) is 6.29 Å². The third-order valence-electron chi connectivity index (χ3n) is 2.83. The molecule has 0 amide bonds. The molecule has 0 saturated heterocycles. The zero-order valence-corrected chi connectivity index (χ0v) is 11.8. The summed E-state index contributed by atoms with van der Waals surface area (Å²) in [7, 11) is 0. The predicted molar refractivity (Wildman–Crippen MR) is 76.8 cm³/mol. The first kappa shape index (κ1) is 15.9. The zero-order chi connectivity index (χ0) is 14.1. The number of aliphatic hydroxyl groups is 1. The summed E-state index contributed by atoms with van der Waals surface area (Å²) < 4.78 is 11.0. The molecule has 0 aliphatic carbocycles. The fraction of sp³-hybridized carbons (Fsp3) is 0.500. The highest BCUT2D eigenvalue weighted by Crippen LogP contribution is 2.23. The van der Waals surface area contributed by atoms with E-state index in [1.165, 1.54) is 0 Å². The molecule has 0 aliphatic heterocycles. The normalized spacial score (nSPS) is 12.6. The van der Waals surface area contributed by atoms with Crippen LogP contribution in [0.2, 0.25) is 0 Å². The van der Waals surface area contributed by atoms with Crippen LogP contribution in [0.5, 0.6) is 0 Å². The minimum Gasteiger partial charge on any atom is -0.388 e. The number of ether oxygens (including phenoxy) is 2. The van der Waals surface area contributed by atoms with Gasteiger partial charge in [0.1, 0.15) is 0 Å². The van der Waals surface area contributed by atoms with Gasteiger partial charge in [0, 0.05) is 19.6 Å². The SMILES string of the molecule is C=C(CC(OCC)OCC)CC(O)c1ccccc1. The van der Waals surface area contributed by atoms with E-state index in [2.05, 4.69) is 6.58 Å². The van der Waals surface area contributed by atoms with Gasteiger partial charge in [-0.1, -0.05) is 42.5 Å². The van der Waals surface area contributed by atoms with E-state index in [0.29, 0.717) is 26.1 Å². The first-order chi connectivity index (χ1) is 9.17. The van der Waals surface area contributed by atoms with E-state index < -0.39 is 6.10 Å². The molecule has 1 rings (SSSR count). The van der Waals surface area contributed by atoms with Crippen LogP contribution in [0, 0.1) is 0 Å². The molecule has 0 aliphatic rings. The van der Waals surface area contributed by atoms with Crippen LogP contribution in [0.3, 0.4) is 0 Å². The summed E-state index contributed by atoms with van der Waals surface area (Å²) in [5.41, 5.74) is 1.84. The second-order valence-electron chi connectivity index (χ2n) is 4.42. The van der Waals surface area contributed by atoms with Crippen LogP contribution in [0.15, 0.2) is 42.5 Å². The lowest BCUT2D eigenvalue weighted by molar-refractivity contribution is -0.134. The number of aliphatic hydroxyl groups excluding tert-OH is 1. The van der Waals surface area contributed by atoms with E-state index in [0.717, 1.165) is 11.1 Å². The molecular formula is C16H24O3.